The Morgan fingerprint density at radius 2 is 1.95 bits per heavy atom. The molecule has 0 saturated carbocycles. The molecule has 1 unspecified atom stereocenters. The summed E-state index contributed by atoms with van der Waals surface area (Å²) in [4.78, 5) is 20.8. The van der Waals surface area contributed by atoms with E-state index in [2.05, 4.69) is 24.0 Å². The number of aromatic nitrogens is 1. The molecule has 2 aliphatic rings. The molecule has 0 aliphatic carbocycles. The molecule has 1 amide bonds. The molecule has 3 heterocycles. The van der Waals surface area contributed by atoms with Crippen LogP contribution in [0, 0.1) is 6.92 Å². The Hall–Kier alpha value is -1.58. The summed E-state index contributed by atoms with van der Waals surface area (Å²) < 4.78 is 0. The highest BCUT2D eigenvalue weighted by molar-refractivity contribution is 5.74. The van der Waals surface area contributed by atoms with Gasteiger partial charge in [0.05, 0.1) is 6.04 Å². The number of nitrogens with zero attached hydrogens (tertiary/aromatic N) is 3. The van der Waals surface area contributed by atoms with E-state index in [-0.39, 0.29) is 11.9 Å². The number of aryl methyl sites for hydroxylation is 1. The second-order valence-corrected chi connectivity index (χ2v) is 5.91. The summed E-state index contributed by atoms with van der Waals surface area (Å²) in [6, 6.07) is 4.54. The zero-order valence-electron chi connectivity index (χ0n) is 12.4. The van der Waals surface area contributed by atoms with Gasteiger partial charge in [-0.1, -0.05) is 6.07 Å². The highest BCUT2D eigenvalue weighted by Gasteiger charge is 2.29. The van der Waals surface area contributed by atoms with Crippen molar-refractivity contribution >= 4 is 11.7 Å². The lowest BCUT2D eigenvalue weighted by Crippen LogP contribution is -2.28. The maximum absolute atomic E-state index is 11.7. The predicted octanol–water partition coefficient (Wildman–Crippen LogP) is 2.67. The molecule has 2 saturated heterocycles. The molecule has 2 aliphatic heterocycles. The molecule has 1 aromatic rings. The molecule has 0 aromatic carbocycles. The Morgan fingerprint density at radius 3 is 2.60 bits per heavy atom. The van der Waals surface area contributed by atoms with Gasteiger partial charge in [-0.15, -0.1) is 0 Å². The fourth-order valence-corrected chi connectivity index (χ4v) is 3.50. The smallest absolute Gasteiger partial charge is 0.219 e. The summed E-state index contributed by atoms with van der Waals surface area (Å²) in [7, 11) is 0. The Bertz CT molecular complexity index is 508. The summed E-state index contributed by atoms with van der Waals surface area (Å²) in [6.07, 6.45) is 4.69. The summed E-state index contributed by atoms with van der Waals surface area (Å²) in [5.41, 5.74) is 2.30. The van der Waals surface area contributed by atoms with E-state index in [4.69, 9.17) is 4.98 Å². The van der Waals surface area contributed by atoms with Gasteiger partial charge in [0.25, 0.3) is 0 Å². The van der Waals surface area contributed by atoms with Crippen molar-refractivity contribution in [1.82, 2.24) is 9.88 Å². The Kier molecular flexibility index (Phi) is 3.64. The summed E-state index contributed by atoms with van der Waals surface area (Å²) in [5, 5.41) is 0. The highest BCUT2D eigenvalue weighted by Crippen LogP contribution is 2.34. The molecule has 4 heteroatoms. The zero-order chi connectivity index (χ0) is 14.1. The van der Waals surface area contributed by atoms with Gasteiger partial charge < -0.3 is 9.80 Å². The number of hydrogen-bond acceptors (Lipinski definition) is 3. The van der Waals surface area contributed by atoms with Crippen LogP contribution in [-0.2, 0) is 4.79 Å². The first-order valence-electron chi connectivity index (χ1n) is 7.66. The van der Waals surface area contributed by atoms with Gasteiger partial charge in [-0.2, -0.15) is 0 Å². The van der Waals surface area contributed by atoms with Gasteiger partial charge in [0.15, 0.2) is 0 Å². The minimum Gasteiger partial charge on any atom is -0.357 e. The minimum atomic E-state index is 0.176. The van der Waals surface area contributed by atoms with Crippen molar-refractivity contribution in [2.75, 3.05) is 24.5 Å². The first-order chi connectivity index (χ1) is 9.66. The van der Waals surface area contributed by atoms with E-state index in [1.807, 2.05) is 4.90 Å². The fraction of sp³-hybridized carbons (Fsp3) is 0.625. The molecule has 108 valence electrons. The van der Waals surface area contributed by atoms with Crippen LogP contribution in [0.5, 0.6) is 0 Å². The van der Waals surface area contributed by atoms with Gasteiger partial charge >= 0.3 is 0 Å². The van der Waals surface area contributed by atoms with Crippen molar-refractivity contribution in [2.45, 2.75) is 45.6 Å². The monoisotopic (exact) mass is 273 g/mol. The van der Waals surface area contributed by atoms with Gasteiger partial charge in [0, 0.05) is 32.3 Å². The quantitative estimate of drug-likeness (QED) is 0.831. The van der Waals surface area contributed by atoms with Crippen LogP contribution < -0.4 is 4.90 Å². The van der Waals surface area contributed by atoms with Crippen molar-refractivity contribution in [1.29, 1.82) is 0 Å². The highest BCUT2D eigenvalue weighted by atomic mass is 16.2. The Balaban J connectivity index is 1.85. The maximum atomic E-state index is 11.7. The van der Waals surface area contributed by atoms with Gasteiger partial charge in [0.2, 0.25) is 5.91 Å². The lowest BCUT2D eigenvalue weighted by Gasteiger charge is -2.26. The summed E-state index contributed by atoms with van der Waals surface area (Å²) in [6.45, 7) is 6.86. The molecule has 0 spiro atoms. The van der Waals surface area contributed by atoms with Crippen LogP contribution in [0.3, 0.4) is 0 Å². The lowest BCUT2D eigenvalue weighted by atomic mass is 10.0. The van der Waals surface area contributed by atoms with Gasteiger partial charge in [0.1, 0.15) is 5.82 Å². The number of rotatable bonds is 2. The largest absolute Gasteiger partial charge is 0.357 e. The number of hydrogen-bond donors (Lipinski definition) is 0. The topological polar surface area (TPSA) is 36.4 Å². The first-order valence-corrected chi connectivity index (χ1v) is 7.66. The molecule has 0 bridgehead atoms. The van der Waals surface area contributed by atoms with Crippen LogP contribution in [0.2, 0.25) is 0 Å². The first kappa shape index (κ1) is 13.4. The van der Waals surface area contributed by atoms with E-state index in [9.17, 15) is 4.79 Å². The molecule has 0 radical (unpaired) electrons. The number of anilines is 1. The molecule has 3 rings (SSSR count). The predicted molar refractivity (Wildman–Crippen MR) is 79.8 cm³/mol. The zero-order valence-corrected chi connectivity index (χ0v) is 12.4. The van der Waals surface area contributed by atoms with Crippen LogP contribution in [0.15, 0.2) is 12.1 Å². The van der Waals surface area contributed by atoms with E-state index >= 15 is 0 Å². The number of likely N-dealkylation sites (tertiary alicyclic amines) is 1. The third kappa shape index (κ3) is 2.39. The Labute approximate surface area is 120 Å². The van der Waals surface area contributed by atoms with Crippen molar-refractivity contribution in [3.63, 3.8) is 0 Å². The number of carbonyl (C=O) groups excluding carboxylic acids is 1. The lowest BCUT2D eigenvalue weighted by molar-refractivity contribution is -0.129. The molecule has 0 N–H and O–H groups in total. The van der Waals surface area contributed by atoms with E-state index < -0.39 is 0 Å². The molecule has 20 heavy (non-hydrogen) atoms. The van der Waals surface area contributed by atoms with Crippen molar-refractivity contribution < 1.29 is 4.79 Å². The van der Waals surface area contributed by atoms with Crippen LogP contribution >= 0.6 is 0 Å². The molecule has 1 atom stereocenters. The normalized spacial score (nSPS) is 22.6. The van der Waals surface area contributed by atoms with Crippen LogP contribution in [0.25, 0.3) is 0 Å². The van der Waals surface area contributed by atoms with Crippen LogP contribution in [-0.4, -0.2) is 35.4 Å². The maximum Gasteiger partial charge on any atom is 0.219 e. The van der Waals surface area contributed by atoms with Crippen molar-refractivity contribution in [2.24, 2.45) is 0 Å². The average molecular weight is 273 g/mol. The molecule has 2 fully saturated rings. The van der Waals surface area contributed by atoms with E-state index in [0.717, 1.165) is 44.0 Å². The van der Waals surface area contributed by atoms with Crippen LogP contribution in [0.4, 0.5) is 5.82 Å². The molecule has 1 aromatic heterocycles. The molecular formula is C16H23N3O. The number of carbonyl (C=O) groups is 1. The van der Waals surface area contributed by atoms with Crippen molar-refractivity contribution in [3.05, 3.63) is 23.4 Å². The SMILES string of the molecule is CC(=O)N1CCCC1c1ccc(N2CCCC2)nc1C. The van der Waals surface area contributed by atoms with Gasteiger partial charge in [-0.05, 0) is 44.2 Å². The van der Waals surface area contributed by atoms with Crippen LogP contribution in [0.1, 0.15) is 49.9 Å². The van der Waals surface area contributed by atoms with E-state index in [1.165, 1.54) is 18.4 Å². The standard InChI is InChI=1S/C16H23N3O/c1-12-14(15-6-5-11-19(15)13(2)20)7-8-16(17-12)18-9-3-4-10-18/h7-8,15H,3-6,9-11H2,1-2H3. The number of pyridine rings is 1. The number of amides is 1. The second kappa shape index (κ2) is 5.43. The fourth-order valence-electron chi connectivity index (χ4n) is 3.50. The molecular weight excluding hydrogens is 250 g/mol. The van der Waals surface area contributed by atoms with Gasteiger partial charge in [-0.25, -0.2) is 4.98 Å². The second-order valence-electron chi connectivity index (χ2n) is 5.91. The van der Waals surface area contributed by atoms with Gasteiger partial charge in [-0.3, -0.25) is 4.79 Å². The third-order valence-electron chi connectivity index (χ3n) is 4.56. The summed E-state index contributed by atoms with van der Waals surface area (Å²) >= 11 is 0. The minimum absolute atomic E-state index is 0.176. The van der Waals surface area contributed by atoms with Crippen molar-refractivity contribution in [3.8, 4) is 0 Å². The Morgan fingerprint density at radius 1 is 1.20 bits per heavy atom. The van der Waals surface area contributed by atoms with E-state index in [0.29, 0.717) is 0 Å². The summed E-state index contributed by atoms with van der Waals surface area (Å²) in [5.74, 6) is 1.27. The molecule has 4 nitrogen and oxygen atoms in total. The van der Waals surface area contributed by atoms with E-state index in [1.54, 1.807) is 6.92 Å². The third-order valence-corrected chi connectivity index (χ3v) is 4.56. The average Bonchev–Trinajstić information content (AvgIpc) is 3.10.